The number of carboxylic acid groups (broad SMARTS) is 1. The van der Waals surface area contributed by atoms with Gasteiger partial charge in [0.25, 0.3) is 0 Å². The van der Waals surface area contributed by atoms with E-state index in [4.69, 9.17) is 23.0 Å². The summed E-state index contributed by atoms with van der Waals surface area (Å²) in [6, 6.07) is 3.08. The van der Waals surface area contributed by atoms with Gasteiger partial charge in [-0.05, 0) is 12.1 Å². The van der Waals surface area contributed by atoms with Gasteiger partial charge in [0.05, 0.1) is 5.56 Å². The van der Waals surface area contributed by atoms with Gasteiger partial charge in [0.15, 0.2) is 0 Å². The Balaban J connectivity index is 0. The van der Waals surface area contributed by atoms with E-state index in [1.807, 2.05) is 0 Å². The fourth-order valence-corrected chi connectivity index (χ4v) is 0.489. The van der Waals surface area contributed by atoms with Gasteiger partial charge in [0, 0.05) is 12.4 Å². The molecule has 0 bridgehead atoms. The molecule has 14 heavy (non-hydrogen) atoms. The Kier molecular flexibility index (Phi) is 12.7. The molecular formula is C6H7NO6V. The average molecular weight is 240 g/mol. The predicted octanol–water partition coefficient (Wildman–Crippen LogP) is 0.557. The van der Waals surface area contributed by atoms with Gasteiger partial charge in [0.2, 0.25) is 0 Å². The molecule has 8 heteroatoms. The van der Waals surface area contributed by atoms with Gasteiger partial charge in [-0.15, -0.1) is 0 Å². The van der Waals surface area contributed by atoms with Crippen LogP contribution in [0.1, 0.15) is 10.4 Å². The van der Waals surface area contributed by atoms with Crippen molar-refractivity contribution in [1.82, 2.24) is 4.98 Å². The van der Waals surface area contributed by atoms with Gasteiger partial charge in [-0.25, -0.2) is 4.79 Å². The molecule has 3 N–H and O–H groups in total. The molecule has 1 aromatic heterocycles. The Morgan fingerprint density at radius 3 is 2.07 bits per heavy atom. The predicted molar refractivity (Wildman–Crippen MR) is 37.8 cm³/mol. The summed E-state index contributed by atoms with van der Waals surface area (Å²) in [5.41, 5.74) is 0.220. The normalized spacial score (nSPS) is 6.71. The molecule has 0 atom stereocenters. The molecule has 0 amide bonds. The summed E-state index contributed by atoms with van der Waals surface area (Å²) in [5.74, 6) is -0.942. The average Bonchev–Trinajstić information content (AvgIpc) is 2.23. The molecule has 0 radical (unpaired) electrons. The number of carboxylic acids is 1. The van der Waals surface area contributed by atoms with Crippen molar-refractivity contribution in [3.05, 3.63) is 30.1 Å². The number of aromatic nitrogens is 1. The number of rotatable bonds is 1. The third-order valence-corrected chi connectivity index (χ3v) is 0.908. The number of hydrogen-bond acceptors (Lipinski definition) is 6. The monoisotopic (exact) mass is 240 g/mol. The Morgan fingerprint density at radius 1 is 1.36 bits per heavy atom. The zero-order valence-electron chi connectivity index (χ0n) is 6.77. The first kappa shape index (κ1) is 15.2. The van der Waals surface area contributed by atoms with E-state index in [0.29, 0.717) is 0 Å². The van der Waals surface area contributed by atoms with Crippen LogP contribution in [0, 0.1) is 0 Å². The SMILES string of the molecule is O=C(O)c1cccnc1.OO.[O]=[V]=[O]. The summed E-state index contributed by atoms with van der Waals surface area (Å²) in [5, 5.41) is 20.3. The fraction of sp³-hybridized carbons (Fsp3) is 0. The molecule has 0 saturated carbocycles. The minimum absolute atomic E-state index is 0.220. The fourth-order valence-electron chi connectivity index (χ4n) is 0.489. The first-order valence-electron chi connectivity index (χ1n) is 3.00. The van der Waals surface area contributed by atoms with Crippen molar-refractivity contribution in [2.75, 3.05) is 0 Å². The second-order valence-electron chi connectivity index (χ2n) is 1.62. The van der Waals surface area contributed by atoms with E-state index in [9.17, 15) is 4.79 Å². The summed E-state index contributed by atoms with van der Waals surface area (Å²) in [6.07, 6.45) is 2.84. The van der Waals surface area contributed by atoms with Crippen LogP contribution in [0.5, 0.6) is 0 Å². The van der Waals surface area contributed by atoms with Crippen molar-refractivity contribution in [3.63, 3.8) is 0 Å². The van der Waals surface area contributed by atoms with Crippen LogP contribution in [0.3, 0.4) is 0 Å². The first-order chi connectivity index (χ1) is 6.72. The van der Waals surface area contributed by atoms with Gasteiger partial charge in [-0.1, -0.05) is 0 Å². The standard InChI is InChI=1S/C6H5NO2.H2O2.2O.V/c8-6(9)5-2-1-3-7-4-5;1-2;;;/h1-4H,(H,8,9);1-2H;;;. The van der Waals surface area contributed by atoms with Gasteiger partial charge in [0.1, 0.15) is 0 Å². The first-order valence-corrected chi connectivity index (χ1v) is 4.14. The summed E-state index contributed by atoms with van der Waals surface area (Å²) in [4.78, 5) is 13.8. The van der Waals surface area contributed by atoms with E-state index < -0.39 is 22.2 Å². The van der Waals surface area contributed by atoms with Crippen molar-refractivity contribution in [3.8, 4) is 0 Å². The van der Waals surface area contributed by atoms with Crippen LogP contribution in [0.4, 0.5) is 0 Å². The molecule has 0 saturated heterocycles. The van der Waals surface area contributed by atoms with Crippen molar-refractivity contribution in [2.24, 2.45) is 0 Å². The second kappa shape index (κ2) is 11.7. The van der Waals surface area contributed by atoms with E-state index in [2.05, 4.69) is 4.98 Å². The van der Waals surface area contributed by atoms with Gasteiger partial charge < -0.3 is 5.11 Å². The Labute approximate surface area is 85.5 Å². The van der Waals surface area contributed by atoms with Crippen LogP contribution in [0.25, 0.3) is 0 Å². The maximum absolute atomic E-state index is 10.2. The summed E-state index contributed by atoms with van der Waals surface area (Å²) < 4.78 is 16.9. The van der Waals surface area contributed by atoms with E-state index >= 15 is 0 Å². The number of nitrogens with zero attached hydrogens (tertiary/aromatic N) is 1. The molecule has 0 fully saturated rings. The molecule has 1 aromatic rings. The third-order valence-electron chi connectivity index (χ3n) is 0.908. The van der Waals surface area contributed by atoms with E-state index in [1.165, 1.54) is 18.5 Å². The van der Waals surface area contributed by atoms with Crippen molar-refractivity contribution in [2.45, 2.75) is 0 Å². The zero-order chi connectivity index (χ0) is 11.4. The molecule has 1 rings (SSSR count). The molecule has 0 aliphatic carbocycles. The van der Waals surface area contributed by atoms with Crippen LogP contribution < -0.4 is 0 Å². The molecule has 0 spiro atoms. The van der Waals surface area contributed by atoms with Gasteiger partial charge >= 0.3 is 29.5 Å². The van der Waals surface area contributed by atoms with E-state index in [-0.39, 0.29) is 5.56 Å². The van der Waals surface area contributed by atoms with E-state index in [0.717, 1.165) is 0 Å². The molecule has 0 aliphatic rings. The molecule has 0 unspecified atom stereocenters. The van der Waals surface area contributed by atoms with Crippen LogP contribution in [0.2, 0.25) is 0 Å². The van der Waals surface area contributed by atoms with Crippen LogP contribution in [-0.2, 0) is 23.5 Å². The zero-order valence-corrected chi connectivity index (χ0v) is 8.17. The van der Waals surface area contributed by atoms with Crippen molar-refractivity contribution >= 4 is 5.97 Å². The van der Waals surface area contributed by atoms with Gasteiger partial charge in [-0.2, -0.15) is 0 Å². The van der Waals surface area contributed by atoms with Crippen LogP contribution in [-0.4, -0.2) is 26.6 Å². The number of carbonyl (C=O) groups is 1. The molecular weight excluding hydrogens is 233 g/mol. The Hall–Kier alpha value is -1.28. The van der Waals surface area contributed by atoms with E-state index in [1.54, 1.807) is 6.07 Å². The second-order valence-corrected chi connectivity index (χ2v) is 1.85. The van der Waals surface area contributed by atoms with Crippen molar-refractivity contribution < 1.29 is 43.9 Å². The van der Waals surface area contributed by atoms with Crippen LogP contribution in [0.15, 0.2) is 24.5 Å². The Bertz CT molecular complexity index is 284. The summed E-state index contributed by atoms with van der Waals surface area (Å²) in [7, 11) is 0. The van der Waals surface area contributed by atoms with Gasteiger partial charge in [-0.3, -0.25) is 15.5 Å². The van der Waals surface area contributed by atoms with Crippen molar-refractivity contribution in [1.29, 1.82) is 0 Å². The topological polar surface area (TPSA) is 125 Å². The number of pyridine rings is 1. The molecule has 7 nitrogen and oxygen atoms in total. The molecule has 1 heterocycles. The molecule has 0 aromatic carbocycles. The molecule has 77 valence electrons. The number of hydrogen-bond donors (Lipinski definition) is 3. The molecule has 0 aliphatic heterocycles. The third kappa shape index (κ3) is 8.82. The quantitative estimate of drug-likeness (QED) is 0.483. The minimum atomic E-state index is -1.81. The summed E-state index contributed by atoms with van der Waals surface area (Å²) >= 11 is -1.81. The van der Waals surface area contributed by atoms with Crippen LogP contribution >= 0.6 is 0 Å². The number of aromatic carboxylic acids is 1. The Morgan fingerprint density at radius 2 is 1.86 bits per heavy atom. The maximum atomic E-state index is 10.2. The summed E-state index contributed by atoms with van der Waals surface area (Å²) in [6.45, 7) is 0.